The Labute approximate surface area is 116 Å². The summed E-state index contributed by atoms with van der Waals surface area (Å²) in [6, 6.07) is 10.4. The normalized spacial score (nSPS) is 27.1. The number of anilines is 1. The Morgan fingerprint density at radius 2 is 2.00 bits per heavy atom. The molecule has 2 aromatic rings. The first-order chi connectivity index (χ1) is 9.79. The largest absolute Gasteiger partial charge is 0.382 e. The maximum Gasteiger partial charge on any atom is 0.264 e. The van der Waals surface area contributed by atoms with Crippen molar-refractivity contribution in [2.45, 2.75) is 18.9 Å². The van der Waals surface area contributed by atoms with Gasteiger partial charge in [-0.15, -0.1) is 0 Å². The molecule has 3 atom stereocenters. The number of fused-ring (bicyclic) bond motifs is 1. The number of aromatic nitrogens is 2. The van der Waals surface area contributed by atoms with E-state index in [0.717, 1.165) is 28.8 Å². The third kappa shape index (κ3) is 1.88. The fraction of sp³-hybridized carbons (Fsp3) is 0.312. The molecule has 1 saturated carbocycles. The molecule has 20 heavy (non-hydrogen) atoms. The van der Waals surface area contributed by atoms with E-state index in [-0.39, 0.29) is 5.56 Å². The zero-order chi connectivity index (χ0) is 13.5. The molecule has 4 nitrogen and oxygen atoms in total. The van der Waals surface area contributed by atoms with Crippen molar-refractivity contribution in [3.05, 3.63) is 52.8 Å². The highest BCUT2D eigenvalue weighted by Gasteiger charge is 2.40. The van der Waals surface area contributed by atoms with Crippen LogP contribution >= 0.6 is 0 Å². The smallest absolute Gasteiger partial charge is 0.264 e. The van der Waals surface area contributed by atoms with Crippen LogP contribution in [0.3, 0.4) is 0 Å². The number of rotatable bonds is 3. The zero-order valence-corrected chi connectivity index (χ0v) is 11.1. The van der Waals surface area contributed by atoms with Crippen molar-refractivity contribution in [3.8, 4) is 11.3 Å². The van der Waals surface area contributed by atoms with Crippen LogP contribution in [0.25, 0.3) is 11.3 Å². The summed E-state index contributed by atoms with van der Waals surface area (Å²) in [5.74, 6) is 1.59. The van der Waals surface area contributed by atoms with E-state index in [0.29, 0.717) is 6.04 Å². The number of benzene rings is 1. The van der Waals surface area contributed by atoms with E-state index in [9.17, 15) is 4.79 Å². The van der Waals surface area contributed by atoms with Crippen LogP contribution in [0.1, 0.15) is 12.8 Å². The summed E-state index contributed by atoms with van der Waals surface area (Å²) in [6.45, 7) is 0. The Morgan fingerprint density at radius 3 is 2.70 bits per heavy atom. The highest BCUT2D eigenvalue weighted by Crippen LogP contribution is 2.44. The summed E-state index contributed by atoms with van der Waals surface area (Å²) in [5.41, 5.74) is 2.89. The van der Waals surface area contributed by atoms with Gasteiger partial charge in [-0.25, -0.2) is 0 Å². The quantitative estimate of drug-likeness (QED) is 0.749. The molecule has 0 saturated heterocycles. The van der Waals surface area contributed by atoms with E-state index < -0.39 is 0 Å². The van der Waals surface area contributed by atoms with Crippen LogP contribution < -0.4 is 10.9 Å². The van der Waals surface area contributed by atoms with Gasteiger partial charge in [0.1, 0.15) is 0 Å². The number of nitrogens with one attached hydrogen (secondary N) is 3. The van der Waals surface area contributed by atoms with Gasteiger partial charge < -0.3 is 5.32 Å². The number of H-pyrrole nitrogens is 2. The van der Waals surface area contributed by atoms with Crippen LogP contribution in [0, 0.1) is 11.8 Å². The van der Waals surface area contributed by atoms with Gasteiger partial charge in [-0.2, -0.15) is 0 Å². The third-order valence-corrected chi connectivity index (χ3v) is 4.51. The molecule has 0 spiro atoms. The minimum atomic E-state index is -0.101. The lowest BCUT2D eigenvalue weighted by Gasteiger charge is -2.41. The van der Waals surface area contributed by atoms with Gasteiger partial charge in [0.15, 0.2) is 0 Å². The third-order valence-electron chi connectivity index (χ3n) is 4.51. The summed E-state index contributed by atoms with van der Waals surface area (Å²) in [4.78, 5) is 11.1. The van der Waals surface area contributed by atoms with Gasteiger partial charge in [0.25, 0.3) is 5.56 Å². The van der Waals surface area contributed by atoms with Crippen molar-refractivity contribution in [1.82, 2.24) is 10.2 Å². The molecule has 102 valence electrons. The van der Waals surface area contributed by atoms with Gasteiger partial charge >= 0.3 is 0 Å². The Morgan fingerprint density at radius 1 is 1.15 bits per heavy atom. The van der Waals surface area contributed by atoms with Crippen molar-refractivity contribution in [2.75, 3.05) is 5.32 Å². The van der Waals surface area contributed by atoms with Crippen LogP contribution in [0.2, 0.25) is 0 Å². The van der Waals surface area contributed by atoms with E-state index in [1.807, 2.05) is 12.1 Å². The summed E-state index contributed by atoms with van der Waals surface area (Å²) >= 11 is 0. The molecular formula is C16H17N3O. The number of hydrogen-bond donors (Lipinski definition) is 3. The predicted molar refractivity (Wildman–Crippen MR) is 79.6 cm³/mol. The Hall–Kier alpha value is -2.23. The summed E-state index contributed by atoms with van der Waals surface area (Å²) < 4.78 is 0. The highest BCUT2D eigenvalue weighted by atomic mass is 16.1. The lowest BCUT2D eigenvalue weighted by atomic mass is 9.71. The maximum atomic E-state index is 11.1. The van der Waals surface area contributed by atoms with Crippen molar-refractivity contribution in [1.29, 1.82) is 0 Å². The second-order valence-corrected chi connectivity index (χ2v) is 5.74. The molecule has 1 heterocycles. The molecule has 2 aliphatic carbocycles. The second kappa shape index (κ2) is 4.40. The molecule has 3 N–H and O–H groups in total. The minimum Gasteiger partial charge on any atom is -0.382 e. The Bertz CT molecular complexity index is 695. The van der Waals surface area contributed by atoms with Crippen LogP contribution in [-0.4, -0.2) is 16.2 Å². The van der Waals surface area contributed by atoms with Gasteiger partial charge in [-0.3, -0.25) is 15.0 Å². The van der Waals surface area contributed by atoms with Gasteiger partial charge in [-0.05, 0) is 36.5 Å². The van der Waals surface area contributed by atoms with E-state index in [1.54, 1.807) is 6.07 Å². The molecule has 0 radical (unpaired) electrons. The molecule has 0 aliphatic heterocycles. The molecule has 1 fully saturated rings. The van der Waals surface area contributed by atoms with Crippen LogP contribution in [0.5, 0.6) is 0 Å². The van der Waals surface area contributed by atoms with E-state index in [4.69, 9.17) is 0 Å². The number of aromatic amines is 2. The SMILES string of the molecule is O=c1cc(-c2ccc(NC3CC4CC=CC43)cc2)[nH][nH]1. The fourth-order valence-corrected chi connectivity index (χ4v) is 3.33. The summed E-state index contributed by atoms with van der Waals surface area (Å²) in [5, 5.41) is 9.02. The van der Waals surface area contributed by atoms with E-state index in [2.05, 4.69) is 39.8 Å². The van der Waals surface area contributed by atoms with Crippen molar-refractivity contribution >= 4 is 5.69 Å². The van der Waals surface area contributed by atoms with Gasteiger partial charge in [0, 0.05) is 23.7 Å². The molecule has 0 bridgehead atoms. The fourth-order valence-electron chi connectivity index (χ4n) is 3.33. The van der Waals surface area contributed by atoms with Crippen molar-refractivity contribution < 1.29 is 0 Å². The molecule has 4 rings (SSSR count). The first-order valence-corrected chi connectivity index (χ1v) is 7.11. The first kappa shape index (κ1) is 11.6. The van der Waals surface area contributed by atoms with Crippen molar-refractivity contribution in [2.24, 2.45) is 11.8 Å². The van der Waals surface area contributed by atoms with E-state index in [1.165, 1.54) is 12.8 Å². The predicted octanol–water partition coefficient (Wildman–Crippen LogP) is 2.75. The molecule has 0 amide bonds. The Kier molecular flexibility index (Phi) is 2.55. The summed E-state index contributed by atoms with van der Waals surface area (Å²) in [7, 11) is 0. The zero-order valence-electron chi connectivity index (χ0n) is 11.1. The average Bonchev–Trinajstić information content (AvgIpc) is 3.03. The monoisotopic (exact) mass is 267 g/mol. The van der Waals surface area contributed by atoms with Crippen LogP contribution in [-0.2, 0) is 0 Å². The molecule has 2 aliphatic rings. The maximum absolute atomic E-state index is 11.1. The molecule has 3 unspecified atom stereocenters. The number of allylic oxidation sites excluding steroid dienone is 1. The average molecular weight is 267 g/mol. The van der Waals surface area contributed by atoms with Gasteiger partial charge in [-0.1, -0.05) is 24.3 Å². The minimum absolute atomic E-state index is 0.101. The second-order valence-electron chi connectivity index (χ2n) is 5.74. The van der Waals surface area contributed by atoms with E-state index >= 15 is 0 Å². The van der Waals surface area contributed by atoms with Gasteiger partial charge in [0.05, 0.1) is 5.69 Å². The van der Waals surface area contributed by atoms with Crippen LogP contribution in [0.15, 0.2) is 47.3 Å². The molecule has 4 heteroatoms. The van der Waals surface area contributed by atoms with Crippen LogP contribution in [0.4, 0.5) is 5.69 Å². The summed E-state index contributed by atoms with van der Waals surface area (Å²) in [6.07, 6.45) is 7.18. The highest BCUT2D eigenvalue weighted by molar-refractivity contribution is 5.62. The van der Waals surface area contributed by atoms with Gasteiger partial charge in [0.2, 0.25) is 0 Å². The number of hydrogen-bond acceptors (Lipinski definition) is 2. The molecular weight excluding hydrogens is 250 g/mol. The van der Waals surface area contributed by atoms with Crippen molar-refractivity contribution in [3.63, 3.8) is 0 Å². The standard InChI is InChI=1S/C16H17N3O/c20-16-9-14(18-19-16)10-4-6-12(7-5-10)17-15-8-11-2-1-3-13(11)15/h1,3-7,9,11,13,15,17H,2,8H2,(H2,18,19,20). The molecule has 1 aromatic heterocycles. The first-order valence-electron chi connectivity index (χ1n) is 7.11. The lowest BCUT2D eigenvalue weighted by molar-refractivity contribution is 0.218. The lowest BCUT2D eigenvalue weighted by Crippen LogP contribution is -2.43. The molecule has 1 aromatic carbocycles. The Balaban J connectivity index is 1.48. The topological polar surface area (TPSA) is 60.7 Å².